The summed E-state index contributed by atoms with van der Waals surface area (Å²) >= 11 is 15.4. The minimum absolute atomic E-state index is 0.232. The molecule has 0 spiro atoms. The Kier molecular flexibility index (Phi) is 4.73. The van der Waals surface area contributed by atoms with E-state index in [4.69, 9.17) is 23.2 Å². The van der Waals surface area contributed by atoms with Crippen molar-refractivity contribution < 1.29 is 4.39 Å². The van der Waals surface area contributed by atoms with E-state index in [1.165, 1.54) is 10.9 Å². The summed E-state index contributed by atoms with van der Waals surface area (Å²) in [7, 11) is 0. The third kappa shape index (κ3) is 3.21. The predicted octanol–water partition coefficient (Wildman–Crippen LogP) is 5.48. The van der Waals surface area contributed by atoms with Gasteiger partial charge in [0.2, 0.25) is 0 Å². The molecule has 0 bridgehead atoms. The molecule has 0 aliphatic carbocycles. The number of aromatic nitrogens is 2. The number of thiophene rings is 1. The molecular weight excluding hydrogens is 445 g/mol. The number of aryl methyl sites for hydroxylation is 2. The Morgan fingerprint density at radius 2 is 2.14 bits per heavy atom. The van der Waals surface area contributed by atoms with Gasteiger partial charge in [-0.2, -0.15) is 0 Å². The molecule has 2 nitrogen and oxygen atoms in total. The fourth-order valence-corrected chi connectivity index (χ4v) is 3.96. The van der Waals surface area contributed by atoms with Crippen molar-refractivity contribution in [1.82, 2.24) is 9.55 Å². The van der Waals surface area contributed by atoms with Crippen LogP contribution in [0.3, 0.4) is 0 Å². The molecular formula is C14H10Cl2FIN2S. The molecule has 0 fully saturated rings. The smallest absolute Gasteiger partial charge is 0.138 e. The molecule has 21 heavy (non-hydrogen) atoms. The molecule has 0 amide bonds. The van der Waals surface area contributed by atoms with Crippen molar-refractivity contribution in [3.8, 4) is 0 Å². The maximum Gasteiger partial charge on any atom is 0.138 e. The normalized spacial score (nSPS) is 11.4. The molecule has 0 unspecified atom stereocenters. The summed E-state index contributed by atoms with van der Waals surface area (Å²) in [6, 6.07) is 7.18. The van der Waals surface area contributed by atoms with E-state index in [1.54, 1.807) is 17.4 Å². The molecule has 7 heteroatoms. The molecule has 0 atom stereocenters. The summed E-state index contributed by atoms with van der Waals surface area (Å²) in [6.45, 7) is 0.704. The fraction of sp³-hybridized carbons (Fsp3) is 0.214. The van der Waals surface area contributed by atoms with Crippen LogP contribution in [0.5, 0.6) is 0 Å². The number of nitrogens with zero attached hydrogens (tertiary/aromatic N) is 2. The Balaban J connectivity index is 1.97. The van der Waals surface area contributed by atoms with Gasteiger partial charge in [0.05, 0.1) is 24.8 Å². The molecule has 2 aromatic heterocycles. The van der Waals surface area contributed by atoms with Crippen molar-refractivity contribution in [3.63, 3.8) is 0 Å². The highest BCUT2D eigenvalue weighted by Gasteiger charge is 2.13. The van der Waals surface area contributed by atoms with E-state index in [9.17, 15) is 4.39 Å². The fourth-order valence-electron chi connectivity index (χ4n) is 2.23. The lowest BCUT2D eigenvalue weighted by molar-refractivity contribution is 0.619. The molecule has 3 aromatic rings. The third-order valence-electron chi connectivity index (χ3n) is 3.20. The van der Waals surface area contributed by atoms with Gasteiger partial charge in [0.25, 0.3) is 0 Å². The summed E-state index contributed by atoms with van der Waals surface area (Å²) in [5.41, 5.74) is 1.56. The zero-order chi connectivity index (χ0) is 15.0. The molecule has 0 aliphatic rings. The van der Waals surface area contributed by atoms with Gasteiger partial charge in [-0.15, -0.1) is 22.9 Å². The van der Waals surface area contributed by atoms with Crippen LogP contribution < -0.4 is 0 Å². The Morgan fingerprint density at radius 1 is 1.33 bits per heavy atom. The number of alkyl halides is 1. The van der Waals surface area contributed by atoms with E-state index in [0.29, 0.717) is 16.0 Å². The Bertz CT molecular complexity index is 800. The van der Waals surface area contributed by atoms with Crippen LogP contribution in [-0.4, -0.2) is 9.55 Å². The van der Waals surface area contributed by atoms with Gasteiger partial charge < -0.3 is 4.57 Å². The second-order valence-corrected chi connectivity index (χ2v) is 7.75. The van der Waals surface area contributed by atoms with Crippen molar-refractivity contribution in [2.45, 2.75) is 18.8 Å². The number of benzene rings is 1. The number of hydrogen-bond acceptors (Lipinski definition) is 2. The quantitative estimate of drug-likeness (QED) is 0.377. The molecule has 0 radical (unpaired) electrons. The second kappa shape index (κ2) is 6.40. The van der Waals surface area contributed by atoms with Crippen LogP contribution >= 0.6 is 57.1 Å². The molecule has 0 saturated heterocycles. The van der Waals surface area contributed by atoms with Crippen molar-refractivity contribution in [3.05, 3.63) is 48.7 Å². The van der Waals surface area contributed by atoms with Gasteiger partial charge in [-0.25, -0.2) is 9.37 Å². The first-order valence-corrected chi connectivity index (χ1v) is 9.03. The SMILES string of the molecule is Fc1cc2c(cc1I)nc(CCl)n2CCc1ccc(Cl)s1. The minimum Gasteiger partial charge on any atom is -0.327 e. The first kappa shape index (κ1) is 15.5. The lowest BCUT2D eigenvalue weighted by atomic mass is 10.3. The first-order chi connectivity index (χ1) is 10.1. The second-order valence-electron chi connectivity index (χ2n) is 4.52. The maximum absolute atomic E-state index is 13.8. The third-order valence-corrected chi connectivity index (χ3v) is 5.56. The number of imidazole rings is 1. The monoisotopic (exact) mass is 454 g/mol. The van der Waals surface area contributed by atoms with Gasteiger partial charge in [-0.05, 0) is 47.2 Å². The van der Waals surface area contributed by atoms with Crippen LogP contribution in [0.2, 0.25) is 4.34 Å². The zero-order valence-corrected chi connectivity index (χ0v) is 15.2. The van der Waals surface area contributed by atoms with E-state index in [0.717, 1.165) is 27.6 Å². The van der Waals surface area contributed by atoms with Crippen molar-refractivity contribution >= 4 is 68.2 Å². The molecule has 110 valence electrons. The summed E-state index contributed by atoms with van der Waals surface area (Å²) < 4.78 is 17.1. The van der Waals surface area contributed by atoms with Gasteiger partial charge in [0.15, 0.2) is 0 Å². The summed E-state index contributed by atoms with van der Waals surface area (Å²) in [6.07, 6.45) is 0.820. The van der Waals surface area contributed by atoms with Gasteiger partial charge in [0, 0.05) is 17.5 Å². The number of hydrogen-bond donors (Lipinski definition) is 0. The van der Waals surface area contributed by atoms with Crippen molar-refractivity contribution in [1.29, 1.82) is 0 Å². The van der Waals surface area contributed by atoms with Crippen LogP contribution in [0.4, 0.5) is 4.39 Å². The van der Waals surface area contributed by atoms with Crippen molar-refractivity contribution in [2.75, 3.05) is 0 Å². The van der Waals surface area contributed by atoms with Crippen LogP contribution in [0.25, 0.3) is 11.0 Å². The summed E-state index contributed by atoms with van der Waals surface area (Å²) in [4.78, 5) is 5.68. The van der Waals surface area contributed by atoms with E-state index >= 15 is 0 Å². The number of rotatable bonds is 4. The Labute approximate surface area is 149 Å². The number of halogens is 4. The van der Waals surface area contributed by atoms with Gasteiger partial charge in [-0.1, -0.05) is 11.6 Å². The Morgan fingerprint density at radius 3 is 2.81 bits per heavy atom. The molecule has 0 N–H and O–H groups in total. The van der Waals surface area contributed by atoms with Gasteiger partial charge in [0.1, 0.15) is 11.6 Å². The average Bonchev–Trinajstić information content (AvgIpc) is 3.01. The molecule has 0 saturated carbocycles. The predicted molar refractivity (Wildman–Crippen MR) is 95.0 cm³/mol. The molecule has 0 aliphatic heterocycles. The lowest BCUT2D eigenvalue weighted by Crippen LogP contribution is -2.04. The van der Waals surface area contributed by atoms with Gasteiger partial charge in [-0.3, -0.25) is 0 Å². The summed E-state index contributed by atoms with van der Waals surface area (Å²) in [5, 5.41) is 0. The Hall–Kier alpha value is -0.370. The largest absolute Gasteiger partial charge is 0.327 e. The van der Waals surface area contributed by atoms with Crippen LogP contribution in [0.15, 0.2) is 24.3 Å². The van der Waals surface area contributed by atoms with E-state index in [1.807, 2.05) is 39.3 Å². The average molecular weight is 455 g/mol. The van der Waals surface area contributed by atoms with E-state index in [2.05, 4.69) is 4.98 Å². The lowest BCUT2D eigenvalue weighted by Gasteiger charge is -2.07. The molecule has 1 aromatic carbocycles. The van der Waals surface area contributed by atoms with Gasteiger partial charge >= 0.3 is 0 Å². The number of fused-ring (bicyclic) bond motifs is 1. The van der Waals surface area contributed by atoms with E-state index in [-0.39, 0.29) is 5.82 Å². The highest BCUT2D eigenvalue weighted by Crippen LogP contribution is 2.25. The van der Waals surface area contributed by atoms with Crippen LogP contribution in [0, 0.1) is 9.39 Å². The zero-order valence-electron chi connectivity index (χ0n) is 10.7. The van der Waals surface area contributed by atoms with E-state index < -0.39 is 0 Å². The highest BCUT2D eigenvalue weighted by molar-refractivity contribution is 14.1. The highest BCUT2D eigenvalue weighted by atomic mass is 127. The molecule has 3 rings (SSSR count). The van der Waals surface area contributed by atoms with Crippen molar-refractivity contribution in [2.24, 2.45) is 0 Å². The topological polar surface area (TPSA) is 17.8 Å². The standard InChI is InChI=1S/C14H10Cl2FIN2S/c15-7-14-19-11-6-10(18)9(17)5-12(11)20(14)4-3-8-1-2-13(16)21-8/h1-2,5-6H,3-4,7H2. The van der Waals surface area contributed by atoms with Crippen LogP contribution in [0.1, 0.15) is 10.7 Å². The minimum atomic E-state index is -0.232. The summed E-state index contributed by atoms with van der Waals surface area (Å²) in [5.74, 6) is 0.832. The first-order valence-electron chi connectivity index (χ1n) is 6.23. The molecule has 2 heterocycles. The van der Waals surface area contributed by atoms with Crippen LogP contribution in [-0.2, 0) is 18.8 Å². The maximum atomic E-state index is 13.8.